The monoisotopic (exact) mass is 328 g/mol. The number of amides is 1. The minimum atomic E-state index is 0.293. The van der Waals surface area contributed by atoms with Crippen molar-refractivity contribution in [3.8, 4) is 6.07 Å². The molecular formula is C21H32N2O. The molecule has 0 atom stereocenters. The molecule has 0 saturated carbocycles. The molecule has 0 aliphatic carbocycles. The quantitative estimate of drug-likeness (QED) is 0.350. The molecule has 1 aliphatic rings. The molecule has 1 fully saturated rings. The Hall–Kier alpha value is -1.82. The van der Waals surface area contributed by atoms with Crippen molar-refractivity contribution >= 4 is 5.91 Å². The topological polar surface area (TPSA) is 44.1 Å². The van der Waals surface area contributed by atoms with Gasteiger partial charge < -0.3 is 4.90 Å². The van der Waals surface area contributed by atoms with E-state index < -0.39 is 0 Å². The summed E-state index contributed by atoms with van der Waals surface area (Å²) >= 11 is 0. The number of carbonyl (C=O) groups excluding carboxylic acids is 1. The molecule has 1 saturated heterocycles. The Balaban J connectivity index is 2.31. The van der Waals surface area contributed by atoms with E-state index in [1.807, 2.05) is 30.9 Å². The fourth-order valence-corrected chi connectivity index (χ4v) is 3.17. The molecule has 1 aliphatic heterocycles. The van der Waals surface area contributed by atoms with Gasteiger partial charge in [0.15, 0.2) is 0 Å². The lowest BCUT2D eigenvalue weighted by Gasteiger charge is -2.32. The van der Waals surface area contributed by atoms with Crippen molar-refractivity contribution in [1.29, 1.82) is 5.26 Å². The second kappa shape index (κ2) is 11.7. The van der Waals surface area contributed by atoms with Gasteiger partial charge >= 0.3 is 0 Å². The molecular weight excluding hydrogens is 296 g/mol. The normalized spacial score (nSPS) is 17.3. The molecule has 0 aromatic heterocycles. The highest BCUT2D eigenvalue weighted by Crippen LogP contribution is 2.23. The maximum atomic E-state index is 12.4. The highest BCUT2D eigenvalue weighted by Gasteiger charge is 2.22. The molecule has 0 bridgehead atoms. The summed E-state index contributed by atoms with van der Waals surface area (Å²) in [5.41, 5.74) is 1.99. The molecule has 0 radical (unpaired) electrons. The van der Waals surface area contributed by atoms with Gasteiger partial charge in [0.25, 0.3) is 0 Å². The molecule has 0 unspecified atom stereocenters. The summed E-state index contributed by atoms with van der Waals surface area (Å²) in [5.74, 6) is 0.994. The Morgan fingerprint density at radius 3 is 2.50 bits per heavy atom. The Labute approximate surface area is 147 Å². The average molecular weight is 329 g/mol. The van der Waals surface area contributed by atoms with Crippen LogP contribution in [0.15, 0.2) is 35.5 Å². The van der Waals surface area contributed by atoms with Gasteiger partial charge in [-0.05, 0) is 57.9 Å². The number of hydrogen-bond donors (Lipinski definition) is 0. The summed E-state index contributed by atoms with van der Waals surface area (Å²) in [6, 6.07) is 2.16. The summed E-state index contributed by atoms with van der Waals surface area (Å²) in [6.07, 6.45) is 15.0. The lowest BCUT2D eigenvalue weighted by Crippen LogP contribution is -2.38. The first-order chi connectivity index (χ1) is 11.6. The highest BCUT2D eigenvalue weighted by atomic mass is 16.2. The van der Waals surface area contributed by atoms with E-state index in [9.17, 15) is 4.79 Å². The summed E-state index contributed by atoms with van der Waals surface area (Å²) < 4.78 is 0. The molecule has 0 N–H and O–H groups in total. The van der Waals surface area contributed by atoms with Gasteiger partial charge in [-0.15, -0.1) is 0 Å². The molecule has 3 heteroatoms. The fourth-order valence-electron chi connectivity index (χ4n) is 3.17. The molecule has 0 spiro atoms. The number of allylic oxidation sites excluding steroid dienone is 5. The number of hydrogen-bond acceptors (Lipinski definition) is 2. The number of nitriles is 1. The van der Waals surface area contributed by atoms with E-state index in [1.54, 1.807) is 0 Å². The smallest absolute Gasteiger partial charge is 0.226 e. The van der Waals surface area contributed by atoms with Crippen LogP contribution in [0.5, 0.6) is 0 Å². The summed E-state index contributed by atoms with van der Waals surface area (Å²) in [7, 11) is 0. The molecule has 24 heavy (non-hydrogen) atoms. The third kappa shape index (κ3) is 7.17. The molecule has 0 aromatic carbocycles. The second-order valence-corrected chi connectivity index (χ2v) is 6.53. The predicted octanol–water partition coefficient (Wildman–Crippen LogP) is 5.17. The van der Waals surface area contributed by atoms with Gasteiger partial charge in [0, 0.05) is 25.1 Å². The van der Waals surface area contributed by atoms with Crippen molar-refractivity contribution in [3.63, 3.8) is 0 Å². The summed E-state index contributed by atoms with van der Waals surface area (Å²) in [6.45, 7) is 7.87. The van der Waals surface area contributed by atoms with E-state index in [-0.39, 0.29) is 0 Å². The second-order valence-electron chi connectivity index (χ2n) is 6.53. The van der Waals surface area contributed by atoms with Gasteiger partial charge in [-0.25, -0.2) is 0 Å². The van der Waals surface area contributed by atoms with Gasteiger partial charge in [0.2, 0.25) is 5.91 Å². The van der Waals surface area contributed by atoms with Crippen LogP contribution in [0.25, 0.3) is 0 Å². The van der Waals surface area contributed by atoms with Crippen LogP contribution >= 0.6 is 0 Å². The Morgan fingerprint density at radius 1 is 1.25 bits per heavy atom. The van der Waals surface area contributed by atoms with Crippen molar-refractivity contribution < 1.29 is 4.79 Å². The van der Waals surface area contributed by atoms with Crippen molar-refractivity contribution in [2.24, 2.45) is 5.92 Å². The standard InChI is InChI=1S/C21H32N2O/c1-4-9-18(5-2)16-21(24)23-14-12-20(13-15-23)11-8-7-10-19(6-3)17-22/h5-7,10,20H,4,8-9,11-16H2,1-3H3/b10-7-,18-5+,19-6+. The molecule has 0 aromatic rings. The van der Waals surface area contributed by atoms with Crippen LogP contribution in [0, 0.1) is 17.2 Å². The van der Waals surface area contributed by atoms with Gasteiger partial charge in [0.05, 0.1) is 6.07 Å². The molecule has 1 rings (SSSR count). The summed E-state index contributed by atoms with van der Waals surface area (Å²) in [5, 5.41) is 8.86. The molecule has 132 valence electrons. The van der Waals surface area contributed by atoms with Crippen molar-refractivity contribution in [2.45, 2.75) is 65.7 Å². The van der Waals surface area contributed by atoms with E-state index in [4.69, 9.17) is 5.26 Å². The Bertz CT molecular complexity index is 514. The van der Waals surface area contributed by atoms with Crippen LogP contribution in [-0.4, -0.2) is 23.9 Å². The predicted molar refractivity (Wildman–Crippen MR) is 100 cm³/mol. The Morgan fingerprint density at radius 2 is 1.96 bits per heavy atom. The summed E-state index contributed by atoms with van der Waals surface area (Å²) in [4.78, 5) is 14.4. The first kappa shape index (κ1) is 20.2. The Kier molecular flexibility index (Phi) is 9.84. The van der Waals surface area contributed by atoms with Gasteiger partial charge in [-0.3, -0.25) is 4.79 Å². The average Bonchev–Trinajstić information content (AvgIpc) is 2.62. The molecule has 1 amide bonds. The van der Waals surface area contributed by atoms with E-state index >= 15 is 0 Å². The highest BCUT2D eigenvalue weighted by molar-refractivity contribution is 5.78. The number of nitrogens with zero attached hydrogens (tertiary/aromatic N) is 2. The molecule has 3 nitrogen and oxygen atoms in total. The third-order valence-corrected chi connectivity index (χ3v) is 4.80. The van der Waals surface area contributed by atoms with E-state index in [2.05, 4.69) is 25.1 Å². The van der Waals surface area contributed by atoms with Crippen molar-refractivity contribution in [3.05, 3.63) is 35.5 Å². The van der Waals surface area contributed by atoms with Crippen LogP contribution in [0.3, 0.4) is 0 Å². The van der Waals surface area contributed by atoms with E-state index in [0.717, 1.165) is 57.2 Å². The lowest BCUT2D eigenvalue weighted by molar-refractivity contribution is -0.131. The van der Waals surface area contributed by atoms with Crippen LogP contribution in [0.1, 0.15) is 65.7 Å². The number of likely N-dealkylation sites (tertiary alicyclic amines) is 1. The van der Waals surface area contributed by atoms with Crippen LogP contribution in [-0.2, 0) is 4.79 Å². The van der Waals surface area contributed by atoms with Crippen LogP contribution in [0.2, 0.25) is 0 Å². The third-order valence-electron chi connectivity index (χ3n) is 4.80. The van der Waals surface area contributed by atoms with Crippen molar-refractivity contribution in [2.75, 3.05) is 13.1 Å². The first-order valence-electron chi connectivity index (χ1n) is 9.29. The zero-order valence-electron chi connectivity index (χ0n) is 15.6. The number of piperidine rings is 1. The SMILES string of the molecule is C/C=C(C#N)\C=C/CCC1CCN(C(=O)C/C(=C/C)CCC)CC1. The lowest BCUT2D eigenvalue weighted by atomic mass is 9.91. The largest absolute Gasteiger partial charge is 0.342 e. The molecule has 1 heterocycles. The van der Waals surface area contributed by atoms with E-state index in [1.165, 1.54) is 5.57 Å². The minimum Gasteiger partial charge on any atom is -0.342 e. The minimum absolute atomic E-state index is 0.293. The van der Waals surface area contributed by atoms with Gasteiger partial charge in [0.1, 0.15) is 0 Å². The number of carbonyl (C=O) groups is 1. The maximum absolute atomic E-state index is 12.4. The first-order valence-corrected chi connectivity index (χ1v) is 9.29. The van der Waals surface area contributed by atoms with Gasteiger partial charge in [-0.2, -0.15) is 5.26 Å². The zero-order chi connectivity index (χ0) is 17.8. The fraction of sp³-hybridized carbons (Fsp3) is 0.619. The number of rotatable bonds is 8. The van der Waals surface area contributed by atoms with Crippen molar-refractivity contribution in [1.82, 2.24) is 4.90 Å². The maximum Gasteiger partial charge on any atom is 0.226 e. The van der Waals surface area contributed by atoms with Gasteiger partial charge in [-0.1, -0.05) is 37.1 Å². The van der Waals surface area contributed by atoms with E-state index in [0.29, 0.717) is 18.2 Å². The van der Waals surface area contributed by atoms with Crippen LogP contribution < -0.4 is 0 Å². The van der Waals surface area contributed by atoms with Crippen LogP contribution in [0.4, 0.5) is 0 Å². The zero-order valence-corrected chi connectivity index (χ0v) is 15.6.